The molecule has 4 aromatic rings. The van der Waals surface area contributed by atoms with Crippen molar-refractivity contribution in [1.29, 1.82) is 0 Å². The summed E-state index contributed by atoms with van der Waals surface area (Å²) in [5.74, 6) is 0.820. The first kappa shape index (κ1) is 15.5. The van der Waals surface area contributed by atoms with Crippen LogP contribution in [0.2, 0.25) is 0 Å². The van der Waals surface area contributed by atoms with E-state index in [0.717, 1.165) is 21.3 Å². The maximum absolute atomic E-state index is 5.83. The van der Waals surface area contributed by atoms with Crippen molar-refractivity contribution in [3.05, 3.63) is 84.1 Å². The molecule has 0 amide bonds. The smallest absolute Gasteiger partial charge is 0.155 e. The predicted molar refractivity (Wildman–Crippen MR) is 99.4 cm³/mol. The van der Waals surface area contributed by atoms with Crippen LogP contribution in [0.5, 0.6) is 5.75 Å². The highest BCUT2D eigenvalue weighted by Gasteiger charge is 2.07. The number of hydrogen-bond donors (Lipinski definition) is 0. The maximum atomic E-state index is 5.83. The van der Waals surface area contributed by atoms with Crippen LogP contribution in [-0.2, 0) is 6.61 Å². The number of rotatable bonds is 5. The minimum Gasteiger partial charge on any atom is -0.486 e. The van der Waals surface area contributed by atoms with E-state index in [1.54, 1.807) is 12.4 Å². The minimum absolute atomic E-state index is 0.410. The molecule has 0 fully saturated rings. The van der Waals surface area contributed by atoms with Crippen LogP contribution in [-0.4, -0.2) is 15.2 Å². The van der Waals surface area contributed by atoms with Gasteiger partial charge in [0.25, 0.3) is 0 Å². The molecule has 0 N–H and O–H groups in total. The average molecular weight is 345 g/mol. The molecule has 25 heavy (non-hydrogen) atoms. The van der Waals surface area contributed by atoms with Crippen LogP contribution in [0.15, 0.2) is 79.1 Å². The van der Waals surface area contributed by atoms with Gasteiger partial charge in [0, 0.05) is 18.0 Å². The molecule has 0 saturated carbocycles. The number of ether oxygens (including phenoxy) is 1. The standard InChI is InChI=1S/C20H15N3OS/c1-2-4-15(5-3-1)16-6-8-18(9-7-16)24-14-19-22-23-20(25-19)17-10-12-21-13-11-17/h1-13H,14H2. The summed E-state index contributed by atoms with van der Waals surface area (Å²) in [6.07, 6.45) is 3.50. The zero-order valence-electron chi connectivity index (χ0n) is 13.4. The van der Waals surface area contributed by atoms with Crippen LogP contribution < -0.4 is 4.74 Å². The van der Waals surface area contributed by atoms with Crippen LogP contribution in [0.1, 0.15) is 5.01 Å². The van der Waals surface area contributed by atoms with Gasteiger partial charge in [0.05, 0.1) is 0 Å². The van der Waals surface area contributed by atoms with E-state index < -0.39 is 0 Å². The first-order valence-electron chi connectivity index (χ1n) is 7.89. The van der Waals surface area contributed by atoms with E-state index in [1.807, 2.05) is 42.5 Å². The van der Waals surface area contributed by atoms with Crippen LogP contribution >= 0.6 is 11.3 Å². The summed E-state index contributed by atoms with van der Waals surface area (Å²) in [5, 5.41) is 10.1. The summed E-state index contributed by atoms with van der Waals surface area (Å²) in [5.41, 5.74) is 3.38. The summed E-state index contributed by atoms with van der Waals surface area (Å²) in [6, 6.07) is 22.2. The fourth-order valence-corrected chi connectivity index (χ4v) is 3.20. The van der Waals surface area contributed by atoms with Gasteiger partial charge in [0.2, 0.25) is 0 Å². The van der Waals surface area contributed by atoms with Crippen molar-refractivity contribution in [2.75, 3.05) is 0 Å². The van der Waals surface area contributed by atoms with Gasteiger partial charge in [0.1, 0.15) is 17.4 Å². The lowest BCUT2D eigenvalue weighted by molar-refractivity contribution is 0.304. The average Bonchev–Trinajstić information content (AvgIpc) is 3.17. The van der Waals surface area contributed by atoms with Gasteiger partial charge in [0.15, 0.2) is 5.01 Å². The molecule has 2 heterocycles. The topological polar surface area (TPSA) is 47.9 Å². The number of benzene rings is 2. The largest absolute Gasteiger partial charge is 0.486 e. The fourth-order valence-electron chi connectivity index (χ4n) is 2.44. The van der Waals surface area contributed by atoms with Gasteiger partial charge in [-0.05, 0) is 35.4 Å². The molecule has 122 valence electrons. The summed E-state index contributed by atoms with van der Waals surface area (Å²) >= 11 is 1.53. The van der Waals surface area contributed by atoms with Crippen molar-refractivity contribution in [2.45, 2.75) is 6.61 Å². The van der Waals surface area contributed by atoms with Crippen LogP contribution in [0.4, 0.5) is 0 Å². The Morgan fingerprint density at radius 2 is 1.44 bits per heavy atom. The molecule has 0 atom stereocenters. The summed E-state index contributed by atoms with van der Waals surface area (Å²) in [4.78, 5) is 4.01. The Hall–Kier alpha value is -3.05. The van der Waals surface area contributed by atoms with Crippen molar-refractivity contribution in [2.24, 2.45) is 0 Å². The molecule has 5 heteroatoms. The Labute approximate surface area is 149 Å². The van der Waals surface area contributed by atoms with Gasteiger partial charge in [-0.1, -0.05) is 53.8 Å². The van der Waals surface area contributed by atoms with Gasteiger partial charge in [-0.3, -0.25) is 4.98 Å². The van der Waals surface area contributed by atoms with Gasteiger partial charge < -0.3 is 4.74 Å². The van der Waals surface area contributed by atoms with E-state index in [0.29, 0.717) is 6.61 Å². The lowest BCUT2D eigenvalue weighted by Gasteiger charge is -2.05. The van der Waals surface area contributed by atoms with E-state index in [2.05, 4.69) is 39.4 Å². The van der Waals surface area contributed by atoms with Crippen molar-refractivity contribution < 1.29 is 4.74 Å². The number of aromatic nitrogens is 3. The van der Waals surface area contributed by atoms with E-state index in [9.17, 15) is 0 Å². The number of nitrogens with zero attached hydrogens (tertiary/aromatic N) is 3. The Morgan fingerprint density at radius 3 is 2.20 bits per heavy atom. The molecule has 2 aromatic heterocycles. The Morgan fingerprint density at radius 1 is 0.720 bits per heavy atom. The minimum atomic E-state index is 0.410. The lowest BCUT2D eigenvalue weighted by atomic mass is 10.1. The molecule has 0 aliphatic heterocycles. The Bertz CT molecular complexity index is 938. The molecule has 0 radical (unpaired) electrons. The first-order chi connectivity index (χ1) is 12.4. The first-order valence-corrected chi connectivity index (χ1v) is 8.71. The zero-order valence-corrected chi connectivity index (χ0v) is 14.2. The van der Waals surface area contributed by atoms with E-state index in [-0.39, 0.29) is 0 Å². The maximum Gasteiger partial charge on any atom is 0.155 e. The molecular weight excluding hydrogens is 330 g/mol. The molecule has 4 rings (SSSR count). The highest BCUT2D eigenvalue weighted by molar-refractivity contribution is 7.14. The van der Waals surface area contributed by atoms with E-state index >= 15 is 0 Å². The third kappa shape index (κ3) is 3.72. The fraction of sp³-hybridized carbons (Fsp3) is 0.0500. The highest BCUT2D eigenvalue weighted by Crippen LogP contribution is 2.25. The van der Waals surface area contributed by atoms with E-state index in [4.69, 9.17) is 4.74 Å². The van der Waals surface area contributed by atoms with E-state index in [1.165, 1.54) is 22.5 Å². The van der Waals surface area contributed by atoms with Crippen LogP contribution in [0.3, 0.4) is 0 Å². The second-order valence-corrected chi connectivity index (χ2v) is 6.48. The van der Waals surface area contributed by atoms with Crippen LogP contribution in [0.25, 0.3) is 21.7 Å². The second-order valence-electron chi connectivity index (χ2n) is 5.42. The summed E-state index contributed by atoms with van der Waals surface area (Å²) < 4.78 is 5.83. The molecule has 4 nitrogen and oxygen atoms in total. The SMILES string of the molecule is c1ccc(-c2ccc(OCc3nnc(-c4ccncc4)s3)cc2)cc1. The number of pyridine rings is 1. The van der Waals surface area contributed by atoms with Gasteiger partial charge in [-0.25, -0.2) is 0 Å². The predicted octanol–water partition coefficient (Wildman–Crippen LogP) is 4.85. The normalized spacial score (nSPS) is 10.6. The van der Waals surface area contributed by atoms with Crippen molar-refractivity contribution >= 4 is 11.3 Å². The van der Waals surface area contributed by atoms with Crippen molar-refractivity contribution in [3.8, 4) is 27.4 Å². The molecular formula is C20H15N3OS. The monoisotopic (exact) mass is 345 g/mol. The summed E-state index contributed by atoms with van der Waals surface area (Å²) in [7, 11) is 0. The molecule has 2 aromatic carbocycles. The van der Waals surface area contributed by atoms with Gasteiger partial charge >= 0.3 is 0 Å². The number of hydrogen-bond acceptors (Lipinski definition) is 5. The zero-order chi connectivity index (χ0) is 16.9. The van der Waals surface area contributed by atoms with Crippen molar-refractivity contribution in [3.63, 3.8) is 0 Å². The molecule has 0 aliphatic rings. The molecule has 0 aliphatic carbocycles. The molecule has 0 spiro atoms. The molecule has 0 saturated heterocycles. The quantitative estimate of drug-likeness (QED) is 0.519. The van der Waals surface area contributed by atoms with Crippen molar-refractivity contribution in [1.82, 2.24) is 15.2 Å². The van der Waals surface area contributed by atoms with Gasteiger partial charge in [-0.2, -0.15) is 0 Å². The van der Waals surface area contributed by atoms with Crippen LogP contribution in [0, 0.1) is 0 Å². The Kier molecular flexibility index (Phi) is 4.48. The molecule has 0 bridgehead atoms. The van der Waals surface area contributed by atoms with Gasteiger partial charge in [-0.15, -0.1) is 10.2 Å². The lowest BCUT2D eigenvalue weighted by Crippen LogP contribution is -1.94. The molecule has 0 unspecified atom stereocenters. The summed E-state index contributed by atoms with van der Waals surface area (Å²) in [6.45, 7) is 0.410. The third-order valence-electron chi connectivity index (χ3n) is 3.72. The highest BCUT2D eigenvalue weighted by atomic mass is 32.1. The third-order valence-corrected chi connectivity index (χ3v) is 4.66. The Balaban J connectivity index is 1.41. The second kappa shape index (κ2) is 7.23.